The Morgan fingerprint density at radius 1 is 1.22 bits per heavy atom. The van der Waals surface area contributed by atoms with Crippen molar-refractivity contribution in [1.82, 2.24) is 15.1 Å². The third kappa shape index (κ3) is 4.28. The molecule has 0 spiro atoms. The molecule has 3 aliphatic rings. The summed E-state index contributed by atoms with van der Waals surface area (Å²) in [5.41, 5.74) is 1.79. The number of fused-ring (bicyclic) bond motifs is 1. The number of carbonyl (C=O) groups excluding carboxylic acids is 4. The fourth-order valence-corrected chi connectivity index (χ4v) is 4.45. The van der Waals surface area contributed by atoms with E-state index in [9.17, 15) is 19.2 Å². The zero-order chi connectivity index (χ0) is 23.2. The summed E-state index contributed by atoms with van der Waals surface area (Å²) in [7, 11) is 1.76. The van der Waals surface area contributed by atoms with E-state index in [1.54, 1.807) is 22.9 Å². The smallest absolute Gasteiger partial charge is 0.410 e. The van der Waals surface area contributed by atoms with Crippen molar-refractivity contribution in [3.05, 3.63) is 29.3 Å². The molecule has 4 amide bonds. The highest BCUT2D eigenvalue weighted by atomic mass is 16.6. The average Bonchev–Trinajstić information content (AvgIpc) is 3.00. The number of imide groups is 1. The predicted octanol–water partition coefficient (Wildman–Crippen LogP) is 2.26. The number of amides is 4. The minimum Gasteiger partial charge on any atom is -0.444 e. The lowest BCUT2D eigenvalue weighted by molar-refractivity contribution is -0.136. The molecule has 0 aromatic heterocycles. The molecule has 2 fully saturated rings. The molecule has 1 saturated heterocycles. The second-order valence-corrected chi connectivity index (χ2v) is 9.79. The fourth-order valence-electron chi connectivity index (χ4n) is 4.45. The number of carbonyl (C=O) groups is 4. The Morgan fingerprint density at radius 2 is 1.94 bits per heavy atom. The maximum absolute atomic E-state index is 13.0. The van der Waals surface area contributed by atoms with Gasteiger partial charge in [0.15, 0.2) is 0 Å². The molecule has 9 heteroatoms. The Hall–Kier alpha value is -3.10. The number of piperidine rings is 1. The molecule has 1 aromatic carbocycles. The third-order valence-corrected chi connectivity index (χ3v) is 6.28. The van der Waals surface area contributed by atoms with Gasteiger partial charge in [0.2, 0.25) is 11.8 Å². The van der Waals surface area contributed by atoms with Gasteiger partial charge in [-0.15, -0.1) is 0 Å². The first kappa shape index (κ1) is 22.1. The standard InChI is InChI=1S/C23H30N4O5/c1-23(2,3)32-22(31)26(4)14-10-13(11-14)24-17-7-5-6-15-16(17)12-27(21(15)30)18-8-9-19(28)25-20(18)29/h5-7,13-14,18,24H,8-12H2,1-4H3,(H,25,28,29). The molecule has 9 nitrogen and oxygen atoms in total. The maximum atomic E-state index is 13.0. The molecule has 0 bridgehead atoms. The van der Waals surface area contributed by atoms with Gasteiger partial charge in [-0.25, -0.2) is 4.79 Å². The molecule has 2 aliphatic heterocycles. The molecule has 1 unspecified atom stereocenters. The van der Waals surface area contributed by atoms with Crippen LogP contribution in [0.15, 0.2) is 18.2 Å². The Labute approximate surface area is 187 Å². The minimum absolute atomic E-state index is 0.0979. The van der Waals surface area contributed by atoms with E-state index in [0.29, 0.717) is 18.5 Å². The fraction of sp³-hybridized carbons (Fsp3) is 0.565. The SMILES string of the molecule is CN(C(=O)OC(C)(C)C)C1CC(Nc2cccc3c2CN(C2CCC(=O)NC2=O)C3=O)C1. The van der Waals surface area contributed by atoms with E-state index in [1.165, 1.54) is 0 Å². The van der Waals surface area contributed by atoms with Crippen LogP contribution in [0.2, 0.25) is 0 Å². The van der Waals surface area contributed by atoms with Crippen molar-refractivity contribution < 1.29 is 23.9 Å². The number of nitrogens with one attached hydrogen (secondary N) is 2. The summed E-state index contributed by atoms with van der Waals surface area (Å²) in [6, 6.07) is 5.18. The average molecular weight is 443 g/mol. The van der Waals surface area contributed by atoms with Crippen LogP contribution >= 0.6 is 0 Å². The van der Waals surface area contributed by atoms with Crippen LogP contribution < -0.4 is 10.6 Å². The number of ether oxygens (including phenoxy) is 1. The van der Waals surface area contributed by atoms with Gasteiger partial charge in [0.1, 0.15) is 11.6 Å². The Kier molecular flexibility index (Phi) is 5.60. The van der Waals surface area contributed by atoms with Gasteiger partial charge in [0.05, 0.1) is 0 Å². The maximum Gasteiger partial charge on any atom is 0.410 e. The molecule has 1 aromatic rings. The largest absolute Gasteiger partial charge is 0.444 e. The molecule has 0 radical (unpaired) electrons. The van der Waals surface area contributed by atoms with Crippen molar-refractivity contribution in [1.29, 1.82) is 0 Å². The highest BCUT2D eigenvalue weighted by Crippen LogP contribution is 2.35. The zero-order valence-electron chi connectivity index (χ0n) is 18.9. The number of anilines is 1. The number of benzene rings is 1. The van der Waals surface area contributed by atoms with E-state index in [1.807, 2.05) is 32.9 Å². The van der Waals surface area contributed by atoms with Gasteiger partial charge in [0.25, 0.3) is 5.91 Å². The summed E-state index contributed by atoms with van der Waals surface area (Å²) in [6.07, 6.45) is 1.81. The number of hydrogen-bond acceptors (Lipinski definition) is 6. The van der Waals surface area contributed by atoms with Gasteiger partial charge < -0.3 is 19.9 Å². The number of hydrogen-bond donors (Lipinski definition) is 2. The van der Waals surface area contributed by atoms with E-state index >= 15 is 0 Å². The van der Waals surface area contributed by atoms with Gasteiger partial charge >= 0.3 is 6.09 Å². The van der Waals surface area contributed by atoms with Crippen LogP contribution in [-0.4, -0.2) is 64.4 Å². The number of rotatable bonds is 4. The molecule has 32 heavy (non-hydrogen) atoms. The Balaban J connectivity index is 1.38. The summed E-state index contributed by atoms with van der Waals surface area (Å²) >= 11 is 0. The zero-order valence-corrected chi connectivity index (χ0v) is 18.9. The van der Waals surface area contributed by atoms with Crippen LogP contribution in [0.25, 0.3) is 0 Å². The second kappa shape index (κ2) is 8.11. The highest BCUT2D eigenvalue weighted by Gasteiger charge is 2.41. The molecule has 172 valence electrons. The molecule has 2 N–H and O–H groups in total. The lowest BCUT2D eigenvalue weighted by Crippen LogP contribution is -2.52. The summed E-state index contributed by atoms with van der Waals surface area (Å²) in [6.45, 7) is 5.87. The summed E-state index contributed by atoms with van der Waals surface area (Å²) < 4.78 is 5.44. The first-order valence-corrected chi connectivity index (χ1v) is 11.0. The van der Waals surface area contributed by atoms with Crippen molar-refractivity contribution in [2.24, 2.45) is 0 Å². The summed E-state index contributed by atoms with van der Waals surface area (Å²) in [5.74, 6) is -0.896. The van der Waals surface area contributed by atoms with Crippen LogP contribution in [0.1, 0.15) is 62.4 Å². The highest BCUT2D eigenvalue weighted by molar-refractivity contribution is 6.06. The molecule has 1 saturated carbocycles. The first-order chi connectivity index (χ1) is 15.0. The monoisotopic (exact) mass is 442 g/mol. The predicted molar refractivity (Wildman–Crippen MR) is 117 cm³/mol. The lowest BCUT2D eigenvalue weighted by Gasteiger charge is -2.42. The third-order valence-electron chi connectivity index (χ3n) is 6.28. The molecule has 1 aliphatic carbocycles. The van der Waals surface area contributed by atoms with Crippen LogP contribution in [0.5, 0.6) is 0 Å². The van der Waals surface area contributed by atoms with E-state index in [4.69, 9.17) is 4.74 Å². The van der Waals surface area contributed by atoms with E-state index in [0.717, 1.165) is 24.1 Å². The second-order valence-electron chi connectivity index (χ2n) is 9.79. The van der Waals surface area contributed by atoms with Crippen molar-refractivity contribution in [2.45, 2.75) is 76.7 Å². The molecular formula is C23H30N4O5. The van der Waals surface area contributed by atoms with Gasteiger partial charge in [-0.05, 0) is 52.2 Å². The Morgan fingerprint density at radius 3 is 2.59 bits per heavy atom. The van der Waals surface area contributed by atoms with Gasteiger partial charge in [0, 0.05) is 48.9 Å². The van der Waals surface area contributed by atoms with Crippen molar-refractivity contribution >= 4 is 29.5 Å². The van der Waals surface area contributed by atoms with Crippen LogP contribution in [0, 0.1) is 0 Å². The van der Waals surface area contributed by atoms with Gasteiger partial charge in [-0.2, -0.15) is 0 Å². The van der Waals surface area contributed by atoms with E-state index in [2.05, 4.69) is 10.6 Å². The Bertz CT molecular complexity index is 964. The van der Waals surface area contributed by atoms with Crippen LogP contribution in [0.3, 0.4) is 0 Å². The topological polar surface area (TPSA) is 108 Å². The lowest BCUT2D eigenvalue weighted by atomic mass is 9.85. The van der Waals surface area contributed by atoms with E-state index in [-0.39, 0.29) is 36.4 Å². The van der Waals surface area contributed by atoms with Crippen molar-refractivity contribution in [3.63, 3.8) is 0 Å². The molecule has 4 rings (SSSR count). The van der Waals surface area contributed by atoms with Crippen LogP contribution in [-0.2, 0) is 20.9 Å². The van der Waals surface area contributed by atoms with Crippen molar-refractivity contribution in [2.75, 3.05) is 12.4 Å². The first-order valence-electron chi connectivity index (χ1n) is 11.0. The normalized spacial score (nSPS) is 25.1. The van der Waals surface area contributed by atoms with Gasteiger partial charge in [-0.3, -0.25) is 19.7 Å². The quantitative estimate of drug-likeness (QED) is 0.693. The van der Waals surface area contributed by atoms with Crippen LogP contribution in [0.4, 0.5) is 10.5 Å². The molecule has 1 atom stereocenters. The molecule has 2 heterocycles. The minimum atomic E-state index is -0.629. The van der Waals surface area contributed by atoms with Gasteiger partial charge in [-0.1, -0.05) is 6.07 Å². The summed E-state index contributed by atoms with van der Waals surface area (Å²) in [4.78, 5) is 52.1. The van der Waals surface area contributed by atoms with Crippen molar-refractivity contribution in [3.8, 4) is 0 Å². The molecular weight excluding hydrogens is 412 g/mol. The number of nitrogens with zero attached hydrogens (tertiary/aromatic N) is 2. The summed E-state index contributed by atoms with van der Waals surface area (Å²) in [5, 5.41) is 5.83. The van der Waals surface area contributed by atoms with E-state index < -0.39 is 17.6 Å².